The van der Waals surface area contributed by atoms with Crippen LogP contribution in [0.25, 0.3) is 0 Å². The van der Waals surface area contributed by atoms with Crippen LogP contribution in [0.15, 0.2) is 12.4 Å². The van der Waals surface area contributed by atoms with Crippen LogP contribution in [0.2, 0.25) is 0 Å². The van der Waals surface area contributed by atoms with Crippen LogP contribution in [0, 0.1) is 5.41 Å². The lowest BCUT2D eigenvalue weighted by Gasteiger charge is -2.22. The first-order chi connectivity index (χ1) is 7.57. The molecule has 5 heteroatoms. The van der Waals surface area contributed by atoms with Crippen LogP contribution in [-0.4, -0.2) is 34.8 Å². The number of nitrogens with zero attached hydrogens (tertiary/aromatic N) is 2. The Balaban J connectivity index is 2.57. The fraction of sp³-hybridized carbons (Fsp3) is 0.636. The van der Waals surface area contributed by atoms with Crippen molar-refractivity contribution in [2.75, 3.05) is 25.1 Å². The topological polar surface area (TPSA) is 67.3 Å². The van der Waals surface area contributed by atoms with E-state index in [2.05, 4.69) is 15.3 Å². The summed E-state index contributed by atoms with van der Waals surface area (Å²) < 4.78 is 5.26. The Labute approximate surface area is 95.9 Å². The summed E-state index contributed by atoms with van der Waals surface area (Å²) >= 11 is 0. The van der Waals surface area contributed by atoms with Crippen LogP contribution >= 0.6 is 0 Å². The number of rotatable bonds is 6. The molecule has 0 aliphatic carbocycles. The molecule has 0 amide bonds. The summed E-state index contributed by atoms with van der Waals surface area (Å²) in [5.74, 6) is 1.27. The minimum atomic E-state index is -0.170. The van der Waals surface area contributed by atoms with Crippen LogP contribution in [0.3, 0.4) is 0 Å². The first-order valence-electron chi connectivity index (χ1n) is 5.37. The van der Waals surface area contributed by atoms with E-state index in [0.29, 0.717) is 24.8 Å². The molecule has 0 aromatic carbocycles. The maximum absolute atomic E-state index is 9.11. The summed E-state index contributed by atoms with van der Waals surface area (Å²) in [6.07, 6.45) is 1.46. The highest BCUT2D eigenvalue weighted by Gasteiger charge is 2.16. The minimum absolute atomic E-state index is 0.128. The number of aromatic nitrogens is 2. The molecular weight excluding hydrogens is 206 g/mol. The fourth-order valence-electron chi connectivity index (χ4n) is 1.05. The van der Waals surface area contributed by atoms with E-state index in [-0.39, 0.29) is 12.0 Å². The monoisotopic (exact) mass is 225 g/mol. The van der Waals surface area contributed by atoms with E-state index >= 15 is 0 Å². The van der Waals surface area contributed by atoms with Gasteiger partial charge in [0.25, 0.3) is 0 Å². The number of hydrogen-bond donors (Lipinski definition) is 2. The summed E-state index contributed by atoms with van der Waals surface area (Å²) in [6.45, 7) is 7.22. The molecule has 0 saturated carbocycles. The second-order valence-corrected chi connectivity index (χ2v) is 4.35. The van der Waals surface area contributed by atoms with Gasteiger partial charge in [0.1, 0.15) is 12.1 Å². The first kappa shape index (κ1) is 12.7. The first-order valence-corrected chi connectivity index (χ1v) is 5.37. The molecule has 0 bridgehead atoms. The molecule has 0 atom stereocenters. The van der Waals surface area contributed by atoms with Gasteiger partial charge in [-0.05, 0) is 6.92 Å². The quantitative estimate of drug-likeness (QED) is 0.764. The Kier molecular flexibility index (Phi) is 4.49. The molecule has 16 heavy (non-hydrogen) atoms. The molecule has 0 unspecified atom stereocenters. The highest BCUT2D eigenvalue weighted by molar-refractivity contribution is 5.37. The van der Waals surface area contributed by atoms with E-state index in [1.165, 1.54) is 6.33 Å². The van der Waals surface area contributed by atoms with Gasteiger partial charge in [-0.15, -0.1) is 0 Å². The average Bonchev–Trinajstić information content (AvgIpc) is 2.28. The Bertz CT molecular complexity index is 329. The summed E-state index contributed by atoms with van der Waals surface area (Å²) in [6, 6.07) is 1.75. The predicted octanol–water partition coefficient (Wildman–Crippen LogP) is 1.31. The number of hydrogen-bond acceptors (Lipinski definition) is 5. The molecule has 1 rings (SSSR count). The van der Waals surface area contributed by atoms with Gasteiger partial charge in [-0.25, -0.2) is 9.97 Å². The lowest BCUT2D eigenvalue weighted by Crippen LogP contribution is -2.27. The van der Waals surface area contributed by atoms with Gasteiger partial charge in [-0.1, -0.05) is 13.8 Å². The lowest BCUT2D eigenvalue weighted by molar-refractivity contribution is 0.170. The Hall–Kier alpha value is -1.36. The number of aliphatic hydroxyl groups excluding tert-OH is 1. The van der Waals surface area contributed by atoms with E-state index in [0.717, 1.165) is 0 Å². The predicted molar refractivity (Wildman–Crippen MR) is 62.6 cm³/mol. The molecule has 0 aliphatic heterocycles. The van der Waals surface area contributed by atoms with Gasteiger partial charge in [-0.2, -0.15) is 0 Å². The largest absolute Gasteiger partial charge is 0.478 e. The number of ether oxygens (including phenoxy) is 1. The number of nitrogens with one attached hydrogen (secondary N) is 1. The molecular formula is C11H19N3O2. The summed E-state index contributed by atoms with van der Waals surface area (Å²) in [5.41, 5.74) is -0.170. The van der Waals surface area contributed by atoms with Gasteiger partial charge >= 0.3 is 0 Å². The van der Waals surface area contributed by atoms with Gasteiger partial charge in [0, 0.05) is 24.6 Å². The molecule has 1 aromatic heterocycles. The van der Waals surface area contributed by atoms with Crippen LogP contribution < -0.4 is 10.1 Å². The Morgan fingerprint density at radius 2 is 2.19 bits per heavy atom. The molecule has 0 radical (unpaired) electrons. The van der Waals surface area contributed by atoms with E-state index in [9.17, 15) is 0 Å². The summed E-state index contributed by atoms with van der Waals surface area (Å²) in [5, 5.41) is 12.3. The van der Waals surface area contributed by atoms with E-state index in [1.54, 1.807) is 6.07 Å². The summed E-state index contributed by atoms with van der Waals surface area (Å²) in [4.78, 5) is 8.05. The molecule has 5 nitrogen and oxygen atoms in total. The Morgan fingerprint density at radius 1 is 1.44 bits per heavy atom. The van der Waals surface area contributed by atoms with Gasteiger partial charge in [0.2, 0.25) is 5.88 Å². The van der Waals surface area contributed by atoms with Crippen molar-refractivity contribution < 1.29 is 9.84 Å². The van der Waals surface area contributed by atoms with Crippen LogP contribution in [0.1, 0.15) is 20.8 Å². The minimum Gasteiger partial charge on any atom is -0.478 e. The van der Waals surface area contributed by atoms with Gasteiger partial charge in [-0.3, -0.25) is 0 Å². The van der Waals surface area contributed by atoms with Gasteiger partial charge in [0.05, 0.1) is 6.61 Å². The van der Waals surface area contributed by atoms with Crippen LogP contribution in [0.5, 0.6) is 5.88 Å². The second kappa shape index (κ2) is 5.65. The molecule has 90 valence electrons. The third kappa shape index (κ3) is 4.02. The number of anilines is 1. The van der Waals surface area contributed by atoms with Crippen molar-refractivity contribution in [2.45, 2.75) is 20.8 Å². The van der Waals surface area contributed by atoms with Crippen molar-refractivity contribution in [3.05, 3.63) is 12.4 Å². The van der Waals surface area contributed by atoms with Crippen molar-refractivity contribution in [1.82, 2.24) is 9.97 Å². The maximum atomic E-state index is 9.11. The molecule has 0 saturated heterocycles. The zero-order valence-electron chi connectivity index (χ0n) is 10.0. The normalized spacial score (nSPS) is 11.2. The molecule has 0 fully saturated rings. The van der Waals surface area contributed by atoms with Gasteiger partial charge in [0.15, 0.2) is 0 Å². The molecule has 2 N–H and O–H groups in total. The maximum Gasteiger partial charge on any atom is 0.218 e. The highest BCUT2D eigenvalue weighted by Crippen LogP contribution is 2.16. The van der Waals surface area contributed by atoms with Crippen LogP contribution in [-0.2, 0) is 0 Å². The van der Waals surface area contributed by atoms with Gasteiger partial charge < -0.3 is 15.2 Å². The molecule has 0 aliphatic rings. The van der Waals surface area contributed by atoms with Crippen molar-refractivity contribution in [2.24, 2.45) is 5.41 Å². The zero-order valence-corrected chi connectivity index (χ0v) is 10.0. The van der Waals surface area contributed by atoms with Crippen molar-refractivity contribution >= 4 is 5.82 Å². The van der Waals surface area contributed by atoms with Crippen molar-refractivity contribution in [3.63, 3.8) is 0 Å². The Morgan fingerprint density at radius 3 is 2.81 bits per heavy atom. The van der Waals surface area contributed by atoms with E-state index in [1.807, 2.05) is 20.8 Å². The van der Waals surface area contributed by atoms with Crippen molar-refractivity contribution in [1.29, 1.82) is 0 Å². The molecule has 0 spiro atoms. The van der Waals surface area contributed by atoms with E-state index in [4.69, 9.17) is 9.84 Å². The zero-order chi connectivity index (χ0) is 12.0. The fourth-order valence-corrected chi connectivity index (χ4v) is 1.05. The third-order valence-corrected chi connectivity index (χ3v) is 2.11. The highest BCUT2D eigenvalue weighted by atomic mass is 16.5. The smallest absolute Gasteiger partial charge is 0.218 e. The summed E-state index contributed by atoms with van der Waals surface area (Å²) in [7, 11) is 0. The molecule has 1 aromatic rings. The number of aliphatic hydroxyl groups is 1. The average molecular weight is 225 g/mol. The van der Waals surface area contributed by atoms with Crippen LogP contribution in [0.4, 0.5) is 5.82 Å². The lowest BCUT2D eigenvalue weighted by atomic mass is 9.95. The van der Waals surface area contributed by atoms with Crippen molar-refractivity contribution in [3.8, 4) is 5.88 Å². The molecule has 1 heterocycles. The van der Waals surface area contributed by atoms with E-state index < -0.39 is 0 Å². The standard InChI is InChI=1S/C11H19N3O2/c1-4-16-10-5-9(13-8-14-10)12-6-11(2,3)7-15/h5,8,15H,4,6-7H2,1-3H3,(H,12,13,14). The third-order valence-electron chi connectivity index (χ3n) is 2.11. The SMILES string of the molecule is CCOc1cc(NCC(C)(C)CO)ncn1. The second-order valence-electron chi connectivity index (χ2n) is 4.35.